The number of hydrogen-bond acceptors (Lipinski definition) is 4. The molecule has 3 nitrogen and oxygen atoms in total. The van der Waals surface area contributed by atoms with Crippen molar-refractivity contribution in [2.24, 2.45) is 10.4 Å². The highest BCUT2D eigenvalue weighted by atomic mass is 32.2. The summed E-state index contributed by atoms with van der Waals surface area (Å²) in [4.78, 5) is 7.17. The number of amidine groups is 1. The van der Waals surface area contributed by atoms with Crippen LogP contribution in [0.15, 0.2) is 4.99 Å². The van der Waals surface area contributed by atoms with Crippen molar-refractivity contribution in [3.8, 4) is 0 Å². The van der Waals surface area contributed by atoms with E-state index >= 15 is 0 Å². The van der Waals surface area contributed by atoms with Crippen molar-refractivity contribution in [3.05, 3.63) is 0 Å². The molecular formula is C15H29N3S. The van der Waals surface area contributed by atoms with Crippen LogP contribution < -0.4 is 5.32 Å². The van der Waals surface area contributed by atoms with Crippen LogP contribution in [0, 0.1) is 5.41 Å². The maximum atomic E-state index is 4.77. The highest BCUT2D eigenvalue weighted by Gasteiger charge is 2.36. The molecule has 0 unspecified atom stereocenters. The average molecular weight is 283 g/mol. The molecule has 0 radical (unpaired) electrons. The van der Waals surface area contributed by atoms with Gasteiger partial charge in [-0.15, -0.1) is 0 Å². The first-order valence-corrected chi connectivity index (χ1v) is 8.71. The molecule has 0 bridgehead atoms. The van der Waals surface area contributed by atoms with E-state index in [1.165, 1.54) is 43.0 Å². The third-order valence-corrected chi connectivity index (χ3v) is 5.89. The predicted molar refractivity (Wildman–Crippen MR) is 86.0 cm³/mol. The summed E-state index contributed by atoms with van der Waals surface area (Å²) >= 11 is 1.95. The Hall–Kier alpha value is -0.220. The molecule has 0 amide bonds. The van der Waals surface area contributed by atoms with Crippen LogP contribution >= 0.6 is 11.8 Å². The Kier molecular flexibility index (Phi) is 5.58. The fourth-order valence-electron chi connectivity index (χ4n) is 2.87. The second-order valence-corrected chi connectivity index (χ2v) is 7.44. The summed E-state index contributed by atoms with van der Waals surface area (Å²) in [5.41, 5.74) is 0.563. The zero-order chi connectivity index (χ0) is 13.7. The van der Waals surface area contributed by atoms with Crippen molar-refractivity contribution in [3.63, 3.8) is 0 Å². The van der Waals surface area contributed by atoms with Crippen molar-refractivity contribution in [1.29, 1.82) is 0 Å². The molecule has 19 heavy (non-hydrogen) atoms. The number of thioether (sulfide) groups is 1. The van der Waals surface area contributed by atoms with Gasteiger partial charge in [-0.05, 0) is 52.1 Å². The normalized spacial score (nSPS) is 22.3. The molecule has 0 aromatic heterocycles. The molecule has 4 heteroatoms. The highest BCUT2D eigenvalue weighted by molar-refractivity contribution is 8.13. The fraction of sp³-hybridized carbons (Fsp3) is 0.933. The van der Waals surface area contributed by atoms with Crippen molar-refractivity contribution in [2.45, 2.75) is 52.0 Å². The smallest absolute Gasteiger partial charge is 0.156 e. The number of rotatable bonds is 5. The molecule has 1 aliphatic carbocycles. The first-order valence-electron chi connectivity index (χ1n) is 7.73. The fourth-order valence-corrected chi connectivity index (χ4v) is 4.05. The quantitative estimate of drug-likeness (QED) is 0.786. The molecule has 1 aliphatic heterocycles. The second-order valence-electron chi connectivity index (χ2n) is 6.47. The molecule has 2 rings (SSSR count). The highest BCUT2D eigenvalue weighted by Crippen LogP contribution is 2.43. The number of hydrogen-bond donors (Lipinski definition) is 1. The van der Waals surface area contributed by atoms with E-state index in [0.29, 0.717) is 11.5 Å². The molecule has 1 heterocycles. The Morgan fingerprint density at radius 2 is 2.11 bits per heavy atom. The summed E-state index contributed by atoms with van der Waals surface area (Å²) in [6, 6.07) is 0.642. The molecule has 0 saturated heterocycles. The first kappa shape index (κ1) is 15.2. The van der Waals surface area contributed by atoms with Crippen LogP contribution in [0.25, 0.3) is 0 Å². The van der Waals surface area contributed by atoms with E-state index in [0.717, 1.165) is 19.6 Å². The minimum Gasteiger partial charge on any atom is -0.365 e. The molecule has 110 valence electrons. The summed E-state index contributed by atoms with van der Waals surface area (Å²) in [5.74, 6) is 1.28. The van der Waals surface area contributed by atoms with E-state index in [-0.39, 0.29) is 0 Å². The van der Waals surface area contributed by atoms with Crippen molar-refractivity contribution >= 4 is 16.9 Å². The molecule has 2 aliphatic rings. The summed E-state index contributed by atoms with van der Waals surface area (Å²) in [5, 5.41) is 4.69. The zero-order valence-corrected chi connectivity index (χ0v) is 13.6. The SMILES string of the molecule is CC(C)N(C)CCCNC1=NCC2(CCCC2)CS1. The Morgan fingerprint density at radius 1 is 1.37 bits per heavy atom. The van der Waals surface area contributed by atoms with E-state index in [4.69, 9.17) is 4.99 Å². The minimum absolute atomic E-state index is 0.563. The van der Waals surface area contributed by atoms with Gasteiger partial charge in [0.05, 0.1) is 0 Å². The van der Waals surface area contributed by atoms with Gasteiger partial charge in [0, 0.05) is 24.9 Å². The Morgan fingerprint density at radius 3 is 2.68 bits per heavy atom. The minimum atomic E-state index is 0.563. The Labute approximate surface area is 122 Å². The van der Waals surface area contributed by atoms with Crippen molar-refractivity contribution < 1.29 is 0 Å². The summed E-state index contributed by atoms with van der Waals surface area (Å²) < 4.78 is 0. The topological polar surface area (TPSA) is 27.6 Å². The van der Waals surface area contributed by atoms with E-state index < -0.39 is 0 Å². The van der Waals surface area contributed by atoms with Crippen LogP contribution in [0.3, 0.4) is 0 Å². The Bertz CT molecular complexity index is 309. The summed E-state index contributed by atoms with van der Waals surface area (Å²) in [7, 11) is 2.20. The van der Waals surface area contributed by atoms with Gasteiger partial charge < -0.3 is 10.2 Å². The van der Waals surface area contributed by atoms with Gasteiger partial charge in [-0.25, -0.2) is 0 Å². The molecule has 1 spiro atoms. The maximum absolute atomic E-state index is 4.77. The van der Waals surface area contributed by atoms with Gasteiger partial charge in [-0.3, -0.25) is 4.99 Å². The Balaban J connectivity index is 1.63. The van der Waals surface area contributed by atoms with Gasteiger partial charge in [-0.1, -0.05) is 24.6 Å². The van der Waals surface area contributed by atoms with Crippen LogP contribution in [0.1, 0.15) is 46.0 Å². The number of nitrogens with one attached hydrogen (secondary N) is 1. The van der Waals surface area contributed by atoms with Gasteiger partial charge in [-0.2, -0.15) is 0 Å². The third kappa shape index (κ3) is 4.38. The lowest BCUT2D eigenvalue weighted by molar-refractivity contribution is 0.271. The zero-order valence-electron chi connectivity index (χ0n) is 12.7. The molecular weight excluding hydrogens is 254 g/mol. The lowest BCUT2D eigenvalue weighted by atomic mass is 9.89. The molecule has 1 saturated carbocycles. The van der Waals surface area contributed by atoms with E-state index in [9.17, 15) is 0 Å². The molecule has 0 aromatic carbocycles. The first-order chi connectivity index (χ1) is 9.11. The van der Waals surface area contributed by atoms with Gasteiger partial charge in [0.25, 0.3) is 0 Å². The largest absolute Gasteiger partial charge is 0.365 e. The van der Waals surface area contributed by atoms with Crippen LogP contribution in [0.2, 0.25) is 0 Å². The van der Waals surface area contributed by atoms with Crippen LogP contribution in [0.5, 0.6) is 0 Å². The summed E-state index contributed by atoms with van der Waals surface area (Å²) in [6.45, 7) is 7.77. The second kappa shape index (κ2) is 6.98. The van der Waals surface area contributed by atoms with Gasteiger partial charge >= 0.3 is 0 Å². The van der Waals surface area contributed by atoms with Crippen molar-refractivity contribution in [2.75, 3.05) is 32.4 Å². The lowest BCUT2D eigenvalue weighted by Gasteiger charge is -2.31. The van der Waals surface area contributed by atoms with Crippen LogP contribution in [-0.2, 0) is 0 Å². The lowest BCUT2D eigenvalue weighted by Crippen LogP contribution is -2.35. The van der Waals surface area contributed by atoms with E-state index in [2.05, 4.69) is 31.1 Å². The number of nitrogens with zero attached hydrogens (tertiary/aromatic N) is 2. The summed E-state index contributed by atoms with van der Waals surface area (Å²) in [6.07, 6.45) is 6.83. The maximum Gasteiger partial charge on any atom is 0.156 e. The third-order valence-electron chi connectivity index (χ3n) is 4.58. The molecule has 0 atom stereocenters. The van der Waals surface area contributed by atoms with Gasteiger partial charge in [0.15, 0.2) is 5.17 Å². The average Bonchev–Trinajstić information content (AvgIpc) is 2.85. The van der Waals surface area contributed by atoms with E-state index in [1.807, 2.05) is 11.8 Å². The van der Waals surface area contributed by atoms with Crippen molar-refractivity contribution in [1.82, 2.24) is 10.2 Å². The number of aliphatic imine (C=N–C) groups is 1. The van der Waals surface area contributed by atoms with Gasteiger partial charge in [0.1, 0.15) is 0 Å². The van der Waals surface area contributed by atoms with Crippen LogP contribution in [-0.4, -0.2) is 48.5 Å². The van der Waals surface area contributed by atoms with Gasteiger partial charge in [0.2, 0.25) is 0 Å². The predicted octanol–water partition coefficient (Wildman–Crippen LogP) is 2.97. The molecule has 1 N–H and O–H groups in total. The standard InChI is InChI=1S/C15H29N3S/c1-13(2)18(3)10-6-9-16-14-17-11-15(12-19-14)7-4-5-8-15/h13H,4-12H2,1-3H3,(H,16,17). The van der Waals surface area contributed by atoms with Crippen LogP contribution in [0.4, 0.5) is 0 Å². The monoisotopic (exact) mass is 283 g/mol. The van der Waals surface area contributed by atoms with E-state index in [1.54, 1.807) is 0 Å². The molecule has 1 fully saturated rings. The molecule has 0 aromatic rings.